The molecule has 1 nitrogen and oxygen atoms in total. The van der Waals surface area contributed by atoms with Gasteiger partial charge in [-0.25, -0.2) is 0 Å². The highest BCUT2D eigenvalue weighted by atomic mass is 14.9. The molecule has 0 bridgehead atoms. The quantitative estimate of drug-likeness (QED) is 0.679. The summed E-state index contributed by atoms with van der Waals surface area (Å²) in [5.41, 5.74) is 0. The molecule has 1 aliphatic heterocycles. The predicted molar refractivity (Wildman–Crippen MR) is 63.4 cm³/mol. The molecule has 84 valence electrons. The van der Waals surface area contributed by atoms with Crippen molar-refractivity contribution in [2.24, 2.45) is 17.8 Å². The molecule has 3 atom stereocenters. The van der Waals surface area contributed by atoms with Gasteiger partial charge >= 0.3 is 0 Å². The molecule has 1 rings (SSSR count). The van der Waals surface area contributed by atoms with Gasteiger partial charge in [0.25, 0.3) is 0 Å². The largest absolute Gasteiger partial charge is 0.316 e. The molecule has 0 radical (unpaired) electrons. The first-order valence-corrected chi connectivity index (χ1v) is 6.43. The average molecular weight is 197 g/mol. The zero-order chi connectivity index (χ0) is 10.4. The van der Waals surface area contributed by atoms with Crippen molar-refractivity contribution in [2.75, 3.05) is 13.1 Å². The third kappa shape index (κ3) is 4.45. The molecule has 1 saturated heterocycles. The van der Waals surface area contributed by atoms with E-state index in [1.165, 1.54) is 45.2 Å². The van der Waals surface area contributed by atoms with Gasteiger partial charge in [-0.1, -0.05) is 40.0 Å². The van der Waals surface area contributed by atoms with Crippen LogP contribution in [-0.4, -0.2) is 13.1 Å². The van der Waals surface area contributed by atoms with Crippen LogP contribution in [0.4, 0.5) is 0 Å². The van der Waals surface area contributed by atoms with Gasteiger partial charge in [0.1, 0.15) is 0 Å². The molecule has 0 aromatic rings. The third-order valence-electron chi connectivity index (χ3n) is 3.62. The van der Waals surface area contributed by atoms with Crippen LogP contribution < -0.4 is 5.32 Å². The lowest BCUT2D eigenvalue weighted by atomic mass is 9.89. The van der Waals surface area contributed by atoms with E-state index >= 15 is 0 Å². The minimum atomic E-state index is 0.862. The molecule has 1 N–H and O–H groups in total. The van der Waals surface area contributed by atoms with Crippen molar-refractivity contribution < 1.29 is 0 Å². The van der Waals surface area contributed by atoms with Gasteiger partial charge in [-0.15, -0.1) is 0 Å². The van der Waals surface area contributed by atoms with E-state index < -0.39 is 0 Å². The van der Waals surface area contributed by atoms with Crippen molar-refractivity contribution in [3.8, 4) is 0 Å². The van der Waals surface area contributed by atoms with Crippen molar-refractivity contribution in [1.29, 1.82) is 0 Å². The molecule has 0 aliphatic carbocycles. The van der Waals surface area contributed by atoms with Gasteiger partial charge in [0.2, 0.25) is 0 Å². The van der Waals surface area contributed by atoms with Gasteiger partial charge in [-0.3, -0.25) is 0 Å². The molecule has 3 unspecified atom stereocenters. The highest BCUT2D eigenvalue weighted by Crippen LogP contribution is 2.21. The van der Waals surface area contributed by atoms with Crippen LogP contribution in [0.1, 0.15) is 52.9 Å². The number of rotatable bonds is 1. The smallest absolute Gasteiger partial charge is 0.00205 e. The maximum atomic E-state index is 3.63. The van der Waals surface area contributed by atoms with Gasteiger partial charge in [-0.05, 0) is 43.7 Å². The summed E-state index contributed by atoms with van der Waals surface area (Å²) in [5, 5.41) is 3.63. The molecule has 0 aromatic carbocycles. The van der Waals surface area contributed by atoms with E-state index in [0.717, 1.165) is 17.8 Å². The molecule has 1 heteroatoms. The van der Waals surface area contributed by atoms with Crippen LogP contribution in [0.15, 0.2) is 0 Å². The molecule has 1 fully saturated rings. The van der Waals surface area contributed by atoms with E-state index in [1.54, 1.807) is 0 Å². The molecule has 1 aliphatic rings. The van der Waals surface area contributed by atoms with Crippen LogP contribution in [0, 0.1) is 17.8 Å². The number of nitrogens with one attached hydrogen (secondary N) is 1. The Kier molecular flexibility index (Phi) is 5.54. The van der Waals surface area contributed by atoms with Crippen LogP contribution in [0.5, 0.6) is 0 Å². The highest BCUT2D eigenvalue weighted by Gasteiger charge is 2.13. The molecular formula is C13H27N. The molecule has 14 heavy (non-hydrogen) atoms. The standard InChI is InChI=1S/C13H27N/c1-4-13-7-5-6-11(2)8-12(3)9-14-10-13/h11-14H,4-10H2,1-3H3. The van der Waals surface area contributed by atoms with Crippen LogP contribution in [0.2, 0.25) is 0 Å². The van der Waals surface area contributed by atoms with Gasteiger partial charge in [-0.2, -0.15) is 0 Å². The Balaban J connectivity index is 2.35. The summed E-state index contributed by atoms with van der Waals surface area (Å²) in [6.45, 7) is 9.59. The van der Waals surface area contributed by atoms with Gasteiger partial charge in [0.05, 0.1) is 0 Å². The predicted octanol–water partition coefficient (Wildman–Crippen LogP) is 3.45. The molecule has 0 saturated carbocycles. The van der Waals surface area contributed by atoms with Crippen molar-refractivity contribution in [3.05, 3.63) is 0 Å². The second-order valence-electron chi connectivity index (χ2n) is 5.31. The zero-order valence-corrected chi connectivity index (χ0v) is 10.2. The SMILES string of the molecule is CCC1CCCC(C)CC(C)CNC1. The molecule has 0 aromatic heterocycles. The molecule has 0 spiro atoms. The Labute approximate surface area is 89.7 Å². The first-order chi connectivity index (χ1) is 6.72. The van der Waals surface area contributed by atoms with E-state index in [9.17, 15) is 0 Å². The lowest BCUT2D eigenvalue weighted by Crippen LogP contribution is -2.29. The monoisotopic (exact) mass is 197 g/mol. The van der Waals surface area contributed by atoms with Crippen molar-refractivity contribution >= 4 is 0 Å². The second kappa shape index (κ2) is 6.44. The Bertz CT molecular complexity index is 130. The Morgan fingerprint density at radius 2 is 1.86 bits per heavy atom. The van der Waals surface area contributed by atoms with E-state index in [1.807, 2.05) is 0 Å². The van der Waals surface area contributed by atoms with E-state index in [-0.39, 0.29) is 0 Å². The van der Waals surface area contributed by atoms with Crippen molar-refractivity contribution in [3.63, 3.8) is 0 Å². The fourth-order valence-electron chi connectivity index (χ4n) is 2.63. The van der Waals surface area contributed by atoms with Crippen LogP contribution in [0.3, 0.4) is 0 Å². The van der Waals surface area contributed by atoms with Crippen LogP contribution in [0.25, 0.3) is 0 Å². The van der Waals surface area contributed by atoms with E-state index in [2.05, 4.69) is 26.1 Å². The van der Waals surface area contributed by atoms with E-state index in [0.29, 0.717) is 0 Å². The number of hydrogen-bond donors (Lipinski definition) is 1. The van der Waals surface area contributed by atoms with Crippen molar-refractivity contribution in [2.45, 2.75) is 52.9 Å². The first kappa shape index (κ1) is 12.0. The van der Waals surface area contributed by atoms with Crippen LogP contribution in [-0.2, 0) is 0 Å². The Morgan fingerprint density at radius 1 is 1.07 bits per heavy atom. The Hall–Kier alpha value is -0.0400. The summed E-state index contributed by atoms with van der Waals surface area (Å²) < 4.78 is 0. The highest BCUT2D eigenvalue weighted by molar-refractivity contribution is 4.69. The zero-order valence-electron chi connectivity index (χ0n) is 10.2. The summed E-state index contributed by atoms with van der Waals surface area (Å²) in [7, 11) is 0. The molecular weight excluding hydrogens is 170 g/mol. The summed E-state index contributed by atoms with van der Waals surface area (Å²) in [4.78, 5) is 0. The fraction of sp³-hybridized carbons (Fsp3) is 1.00. The summed E-state index contributed by atoms with van der Waals surface area (Å²) in [6, 6.07) is 0. The van der Waals surface area contributed by atoms with Gasteiger partial charge in [0.15, 0.2) is 0 Å². The minimum absolute atomic E-state index is 0.862. The summed E-state index contributed by atoms with van der Waals surface area (Å²) in [6.07, 6.45) is 7.07. The topological polar surface area (TPSA) is 12.0 Å². The lowest BCUT2D eigenvalue weighted by Gasteiger charge is -2.23. The maximum absolute atomic E-state index is 3.63. The third-order valence-corrected chi connectivity index (χ3v) is 3.62. The minimum Gasteiger partial charge on any atom is -0.316 e. The normalized spacial score (nSPS) is 36.6. The fourth-order valence-corrected chi connectivity index (χ4v) is 2.63. The lowest BCUT2D eigenvalue weighted by molar-refractivity contribution is 0.315. The van der Waals surface area contributed by atoms with Gasteiger partial charge in [0, 0.05) is 0 Å². The molecule has 0 amide bonds. The molecule has 1 heterocycles. The average Bonchev–Trinajstić information content (AvgIpc) is 2.15. The summed E-state index contributed by atoms with van der Waals surface area (Å²) in [5.74, 6) is 2.72. The van der Waals surface area contributed by atoms with Crippen LogP contribution >= 0.6 is 0 Å². The first-order valence-electron chi connectivity index (χ1n) is 6.43. The number of hydrogen-bond acceptors (Lipinski definition) is 1. The maximum Gasteiger partial charge on any atom is -0.00205 e. The van der Waals surface area contributed by atoms with Crippen molar-refractivity contribution in [1.82, 2.24) is 5.32 Å². The van der Waals surface area contributed by atoms with E-state index in [4.69, 9.17) is 0 Å². The second-order valence-corrected chi connectivity index (χ2v) is 5.31. The Morgan fingerprint density at radius 3 is 2.57 bits per heavy atom. The van der Waals surface area contributed by atoms with Gasteiger partial charge < -0.3 is 5.32 Å². The summed E-state index contributed by atoms with van der Waals surface area (Å²) >= 11 is 0.